The molecule has 19 heavy (non-hydrogen) atoms. The topological polar surface area (TPSA) is 69.6 Å². The van der Waals surface area contributed by atoms with E-state index in [4.69, 9.17) is 5.73 Å². The van der Waals surface area contributed by atoms with Crippen molar-refractivity contribution in [1.29, 1.82) is 0 Å². The van der Waals surface area contributed by atoms with Gasteiger partial charge in [0.25, 0.3) is 0 Å². The van der Waals surface area contributed by atoms with Crippen LogP contribution in [0.2, 0.25) is 0 Å². The van der Waals surface area contributed by atoms with Gasteiger partial charge in [-0.2, -0.15) is 10.2 Å². The van der Waals surface area contributed by atoms with Crippen LogP contribution in [-0.2, 0) is 6.54 Å². The molecule has 0 aliphatic heterocycles. The van der Waals surface area contributed by atoms with Gasteiger partial charge in [-0.05, 0) is 12.1 Å². The molecule has 5 nitrogen and oxygen atoms in total. The first-order valence-corrected chi connectivity index (χ1v) is 5.52. The molecule has 0 aliphatic rings. The molecule has 2 N–H and O–H groups in total. The molecule has 0 spiro atoms. The molecule has 0 amide bonds. The summed E-state index contributed by atoms with van der Waals surface area (Å²) in [5.74, 6) is -1.31. The molecule has 0 fully saturated rings. The maximum Gasteiger partial charge on any atom is 0.201 e. The number of hydrogen-bond acceptors (Lipinski definition) is 4. The van der Waals surface area contributed by atoms with Crippen molar-refractivity contribution >= 4 is 17.0 Å². The number of halogens is 2. The fourth-order valence-corrected chi connectivity index (χ4v) is 1.91. The Labute approximate surface area is 106 Å². The summed E-state index contributed by atoms with van der Waals surface area (Å²) in [7, 11) is 0. The second-order valence-electron chi connectivity index (χ2n) is 4.03. The number of benzene rings is 1. The normalized spacial score (nSPS) is 11.1. The van der Waals surface area contributed by atoms with E-state index in [1.165, 1.54) is 16.8 Å². The van der Waals surface area contributed by atoms with Crippen LogP contribution >= 0.6 is 0 Å². The molecule has 3 aromatic rings. The minimum Gasteiger partial charge on any atom is -0.369 e. The molecule has 0 bridgehead atoms. The number of aromatic nitrogens is 4. The summed E-state index contributed by atoms with van der Waals surface area (Å²) in [6.45, 7) is 0.249. The van der Waals surface area contributed by atoms with Crippen LogP contribution in [0.3, 0.4) is 0 Å². The van der Waals surface area contributed by atoms with Gasteiger partial charge in [-0.1, -0.05) is 0 Å². The van der Waals surface area contributed by atoms with Gasteiger partial charge < -0.3 is 10.3 Å². The Morgan fingerprint density at radius 3 is 2.84 bits per heavy atom. The fourth-order valence-electron chi connectivity index (χ4n) is 1.91. The third-order valence-electron chi connectivity index (χ3n) is 2.75. The van der Waals surface area contributed by atoms with Gasteiger partial charge in [-0.25, -0.2) is 13.8 Å². The summed E-state index contributed by atoms with van der Waals surface area (Å²) < 4.78 is 28.3. The molecule has 7 heteroatoms. The largest absolute Gasteiger partial charge is 0.369 e. The van der Waals surface area contributed by atoms with Crippen LogP contribution in [0.1, 0.15) is 5.69 Å². The SMILES string of the molecule is Nc1nc2c(F)cc(F)cc2n1Cc1cccnn1. The zero-order chi connectivity index (χ0) is 13.4. The van der Waals surface area contributed by atoms with Crippen molar-refractivity contribution in [3.8, 4) is 0 Å². The second-order valence-corrected chi connectivity index (χ2v) is 4.03. The smallest absolute Gasteiger partial charge is 0.201 e. The van der Waals surface area contributed by atoms with Gasteiger partial charge in [-0.15, -0.1) is 0 Å². The van der Waals surface area contributed by atoms with Crippen molar-refractivity contribution < 1.29 is 8.78 Å². The highest BCUT2D eigenvalue weighted by Crippen LogP contribution is 2.22. The van der Waals surface area contributed by atoms with Crippen LogP contribution in [-0.4, -0.2) is 19.7 Å². The molecule has 3 rings (SSSR count). The number of nitrogens with zero attached hydrogens (tertiary/aromatic N) is 4. The van der Waals surface area contributed by atoms with Gasteiger partial charge in [-0.3, -0.25) is 0 Å². The Morgan fingerprint density at radius 1 is 1.26 bits per heavy atom. The Bertz CT molecular complexity index is 739. The Kier molecular flexibility index (Phi) is 2.59. The maximum absolute atomic E-state index is 13.6. The van der Waals surface area contributed by atoms with E-state index >= 15 is 0 Å². The number of imidazole rings is 1. The third-order valence-corrected chi connectivity index (χ3v) is 2.75. The monoisotopic (exact) mass is 261 g/mol. The number of anilines is 1. The van der Waals surface area contributed by atoms with Crippen molar-refractivity contribution in [3.05, 3.63) is 47.8 Å². The minimum atomic E-state index is -0.736. The second kappa shape index (κ2) is 4.27. The Morgan fingerprint density at radius 2 is 2.11 bits per heavy atom. The zero-order valence-electron chi connectivity index (χ0n) is 9.72. The van der Waals surface area contributed by atoms with Crippen LogP contribution in [0.5, 0.6) is 0 Å². The van der Waals surface area contributed by atoms with Gasteiger partial charge in [0.2, 0.25) is 5.95 Å². The van der Waals surface area contributed by atoms with E-state index in [-0.39, 0.29) is 18.0 Å². The van der Waals surface area contributed by atoms with E-state index in [9.17, 15) is 8.78 Å². The summed E-state index contributed by atoms with van der Waals surface area (Å²) in [6.07, 6.45) is 1.54. The predicted octanol–water partition coefficient (Wildman–Crippen LogP) is 1.73. The van der Waals surface area contributed by atoms with Gasteiger partial charge in [0, 0.05) is 18.3 Å². The average molecular weight is 261 g/mol. The third kappa shape index (κ3) is 1.99. The molecule has 96 valence electrons. The molecular formula is C12H9F2N5. The van der Waals surface area contributed by atoms with Crippen molar-refractivity contribution in [3.63, 3.8) is 0 Å². The van der Waals surface area contributed by atoms with Gasteiger partial charge in [0.05, 0.1) is 17.8 Å². The number of rotatable bonds is 2. The number of nitrogen functional groups attached to an aromatic ring is 1. The van der Waals surface area contributed by atoms with Crippen LogP contribution < -0.4 is 5.73 Å². The molecule has 0 saturated carbocycles. The molecule has 1 aromatic carbocycles. The fraction of sp³-hybridized carbons (Fsp3) is 0.0833. The summed E-state index contributed by atoms with van der Waals surface area (Å²) in [5, 5.41) is 7.64. The molecule has 2 heterocycles. The van der Waals surface area contributed by atoms with E-state index in [1.807, 2.05) is 0 Å². The molecule has 0 unspecified atom stereocenters. The molecule has 2 aromatic heterocycles. The number of fused-ring (bicyclic) bond motifs is 1. The molecule has 0 radical (unpaired) electrons. The standard InChI is InChI=1S/C12H9F2N5/c13-7-4-9(14)11-10(5-7)19(12(15)17-11)6-8-2-1-3-16-18-8/h1-5H,6H2,(H2,15,17). The molecule has 0 aliphatic carbocycles. The summed E-state index contributed by atoms with van der Waals surface area (Å²) in [4.78, 5) is 3.90. The number of hydrogen-bond donors (Lipinski definition) is 1. The van der Waals surface area contributed by atoms with E-state index in [0.29, 0.717) is 11.2 Å². The van der Waals surface area contributed by atoms with E-state index in [2.05, 4.69) is 15.2 Å². The van der Waals surface area contributed by atoms with E-state index in [0.717, 1.165) is 6.07 Å². The summed E-state index contributed by atoms with van der Waals surface area (Å²) in [6, 6.07) is 5.44. The van der Waals surface area contributed by atoms with E-state index in [1.54, 1.807) is 12.1 Å². The molecule has 0 saturated heterocycles. The quantitative estimate of drug-likeness (QED) is 0.762. The first-order valence-electron chi connectivity index (χ1n) is 5.52. The highest BCUT2D eigenvalue weighted by molar-refractivity contribution is 5.79. The van der Waals surface area contributed by atoms with Gasteiger partial charge in [0.15, 0.2) is 5.82 Å². The number of nitrogens with two attached hydrogens (primary N) is 1. The highest BCUT2D eigenvalue weighted by atomic mass is 19.1. The summed E-state index contributed by atoms with van der Waals surface area (Å²) >= 11 is 0. The zero-order valence-corrected chi connectivity index (χ0v) is 9.72. The van der Waals surface area contributed by atoms with Crippen LogP contribution in [0.25, 0.3) is 11.0 Å². The average Bonchev–Trinajstić information content (AvgIpc) is 2.69. The van der Waals surface area contributed by atoms with Crippen molar-refractivity contribution in [2.24, 2.45) is 0 Å². The van der Waals surface area contributed by atoms with Crippen LogP contribution in [0.15, 0.2) is 30.5 Å². The lowest BCUT2D eigenvalue weighted by atomic mass is 10.3. The molecule has 0 atom stereocenters. The summed E-state index contributed by atoms with van der Waals surface area (Å²) in [5.41, 5.74) is 6.69. The van der Waals surface area contributed by atoms with Gasteiger partial charge >= 0.3 is 0 Å². The predicted molar refractivity (Wildman–Crippen MR) is 65.2 cm³/mol. The van der Waals surface area contributed by atoms with Crippen molar-refractivity contribution in [2.75, 3.05) is 5.73 Å². The van der Waals surface area contributed by atoms with Crippen molar-refractivity contribution in [2.45, 2.75) is 6.54 Å². The Balaban J connectivity index is 2.15. The Hall–Kier alpha value is -2.57. The lowest BCUT2D eigenvalue weighted by Crippen LogP contribution is -2.06. The van der Waals surface area contributed by atoms with Crippen molar-refractivity contribution in [1.82, 2.24) is 19.7 Å². The highest BCUT2D eigenvalue weighted by Gasteiger charge is 2.14. The van der Waals surface area contributed by atoms with Crippen LogP contribution in [0.4, 0.5) is 14.7 Å². The first-order chi connectivity index (χ1) is 9.15. The van der Waals surface area contributed by atoms with Crippen LogP contribution in [0, 0.1) is 11.6 Å². The molecular weight excluding hydrogens is 252 g/mol. The van der Waals surface area contributed by atoms with E-state index < -0.39 is 11.6 Å². The lowest BCUT2D eigenvalue weighted by molar-refractivity contribution is 0.590. The lowest BCUT2D eigenvalue weighted by Gasteiger charge is -2.05. The minimum absolute atomic E-state index is 0.0443. The van der Waals surface area contributed by atoms with Gasteiger partial charge in [0.1, 0.15) is 11.3 Å². The maximum atomic E-state index is 13.6. The first kappa shape index (κ1) is 11.5.